The largest absolute Gasteiger partial charge is 0.483 e. The summed E-state index contributed by atoms with van der Waals surface area (Å²) < 4.78 is 4.53. The summed E-state index contributed by atoms with van der Waals surface area (Å²) in [6.07, 6.45) is 3.33. The molecule has 1 atom stereocenters. The Labute approximate surface area is 91.0 Å². The first-order valence-electron chi connectivity index (χ1n) is 4.86. The Kier molecular flexibility index (Phi) is 14.4. The third-order valence-corrected chi connectivity index (χ3v) is 1.89. The molecule has 1 aliphatic heterocycles. The van der Waals surface area contributed by atoms with Crippen molar-refractivity contribution in [2.24, 2.45) is 0 Å². The molecule has 15 heavy (non-hydrogen) atoms. The smallest absolute Gasteiger partial charge is 0.290 e. The summed E-state index contributed by atoms with van der Waals surface area (Å²) in [5, 5.41) is 6.89. The normalized spacial score (nSPS) is 16.5. The predicted octanol–water partition coefficient (Wildman–Crippen LogP) is 0.633. The molecule has 0 saturated carbocycles. The summed E-state index contributed by atoms with van der Waals surface area (Å²) >= 11 is 0. The van der Waals surface area contributed by atoms with Gasteiger partial charge in [-0.25, -0.2) is 0 Å². The Bertz CT molecular complexity index is 146. The van der Waals surface area contributed by atoms with Crippen LogP contribution in [0.25, 0.3) is 0 Å². The summed E-state index contributed by atoms with van der Waals surface area (Å²) in [7, 11) is 3.67. The number of methoxy groups -OCH3 is 1. The SMILES string of the molecule is CN1CCCC1.COC(C)C=O.O=CO. The van der Waals surface area contributed by atoms with E-state index in [1.807, 2.05) is 0 Å². The van der Waals surface area contributed by atoms with Crippen LogP contribution in [0.15, 0.2) is 0 Å². The lowest BCUT2D eigenvalue weighted by Crippen LogP contribution is -2.10. The molecule has 1 saturated heterocycles. The molecule has 1 rings (SSSR count). The van der Waals surface area contributed by atoms with E-state index >= 15 is 0 Å². The minimum atomic E-state index is -0.250. The number of carbonyl (C=O) groups excluding carboxylic acids is 1. The van der Waals surface area contributed by atoms with E-state index in [1.165, 1.54) is 33.0 Å². The second-order valence-corrected chi connectivity index (χ2v) is 3.19. The standard InChI is InChI=1S/C5H11N.C4H8O2.CH2O2/c1-6-4-2-3-5-6;1-4(3-5)6-2;2-1-3/h2-5H2,1H3;3-4H,1-2H3;1H,(H,2,3). The zero-order valence-electron chi connectivity index (χ0n) is 9.68. The second-order valence-electron chi connectivity index (χ2n) is 3.19. The minimum absolute atomic E-state index is 0.245. The number of carbonyl (C=O) groups is 2. The second kappa shape index (κ2) is 13.1. The van der Waals surface area contributed by atoms with Crippen molar-refractivity contribution in [1.29, 1.82) is 0 Å². The molecule has 0 amide bonds. The Hall–Kier alpha value is -0.940. The van der Waals surface area contributed by atoms with Gasteiger partial charge in [-0.05, 0) is 39.9 Å². The molecule has 5 nitrogen and oxygen atoms in total. The Morgan fingerprint density at radius 2 is 1.73 bits per heavy atom. The molecule has 0 bridgehead atoms. The van der Waals surface area contributed by atoms with Crippen LogP contribution in [-0.4, -0.2) is 56.1 Å². The molecule has 0 aromatic heterocycles. The lowest BCUT2D eigenvalue weighted by molar-refractivity contribution is -0.122. The summed E-state index contributed by atoms with van der Waals surface area (Å²) in [4.78, 5) is 20.3. The molecule has 1 fully saturated rings. The van der Waals surface area contributed by atoms with Gasteiger partial charge in [0.05, 0.1) is 0 Å². The van der Waals surface area contributed by atoms with Gasteiger partial charge in [-0.3, -0.25) is 4.79 Å². The highest BCUT2D eigenvalue weighted by molar-refractivity contribution is 5.54. The first-order valence-corrected chi connectivity index (χ1v) is 4.86. The van der Waals surface area contributed by atoms with Crippen molar-refractivity contribution in [2.75, 3.05) is 27.2 Å². The maximum absolute atomic E-state index is 9.61. The van der Waals surface area contributed by atoms with Crippen molar-refractivity contribution in [3.8, 4) is 0 Å². The molecule has 1 heterocycles. The molecule has 1 aliphatic rings. The van der Waals surface area contributed by atoms with Gasteiger partial charge < -0.3 is 19.5 Å². The number of likely N-dealkylation sites (tertiary alicyclic amines) is 1. The number of hydrogen-bond donors (Lipinski definition) is 1. The summed E-state index contributed by atoms with van der Waals surface area (Å²) in [5.74, 6) is 0. The number of ether oxygens (including phenoxy) is 1. The molecule has 90 valence electrons. The molecule has 5 heteroatoms. The molecule has 1 unspecified atom stereocenters. The quantitative estimate of drug-likeness (QED) is 0.690. The van der Waals surface area contributed by atoms with Crippen molar-refractivity contribution in [2.45, 2.75) is 25.9 Å². The van der Waals surface area contributed by atoms with Crippen LogP contribution in [0.1, 0.15) is 19.8 Å². The zero-order valence-corrected chi connectivity index (χ0v) is 9.68. The maximum atomic E-state index is 9.61. The van der Waals surface area contributed by atoms with Crippen LogP contribution in [0.5, 0.6) is 0 Å². The van der Waals surface area contributed by atoms with Gasteiger partial charge in [-0.15, -0.1) is 0 Å². The average molecular weight is 219 g/mol. The average Bonchev–Trinajstić information content (AvgIpc) is 2.70. The summed E-state index contributed by atoms with van der Waals surface area (Å²) in [6.45, 7) is 4.08. The van der Waals surface area contributed by atoms with E-state index in [-0.39, 0.29) is 12.6 Å². The fourth-order valence-corrected chi connectivity index (χ4v) is 0.931. The minimum Gasteiger partial charge on any atom is -0.483 e. The Morgan fingerprint density at radius 3 is 1.80 bits per heavy atom. The maximum Gasteiger partial charge on any atom is 0.290 e. The Morgan fingerprint density at radius 1 is 1.33 bits per heavy atom. The molecule has 0 aliphatic carbocycles. The van der Waals surface area contributed by atoms with E-state index in [2.05, 4.69) is 16.7 Å². The van der Waals surface area contributed by atoms with Crippen LogP contribution < -0.4 is 0 Å². The van der Waals surface area contributed by atoms with Gasteiger partial charge in [0.2, 0.25) is 0 Å². The first kappa shape index (κ1) is 16.5. The molecule has 0 aromatic carbocycles. The highest BCUT2D eigenvalue weighted by Gasteiger charge is 2.03. The van der Waals surface area contributed by atoms with Crippen molar-refractivity contribution >= 4 is 12.8 Å². The van der Waals surface area contributed by atoms with Gasteiger partial charge in [0.1, 0.15) is 12.4 Å². The highest BCUT2D eigenvalue weighted by atomic mass is 16.5. The van der Waals surface area contributed by atoms with Crippen LogP contribution in [0, 0.1) is 0 Å². The molecule has 1 N–H and O–H groups in total. The van der Waals surface area contributed by atoms with Crippen LogP contribution >= 0.6 is 0 Å². The van der Waals surface area contributed by atoms with Gasteiger partial charge >= 0.3 is 0 Å². The molecular weight excluding hydrogens is 198 g/mol. The van der Waals surface area contributed by atoms with Gasteiger partial charge in [0.25, 0.3) is 6.47 Å². The van der Waals surface area contributed by atoms with E-state index in [1.54, 1.807) is 6.92 Å². The number of rotatable bonds is 2. The monoisotopic (exact) mass is 219 g/mol. The van der Waals surface area contributed by atoms with Crippen LogP contribution in [-0.2, 0) is 14.3 Å². The summed E-state index contributed by atoms with van der Waals surface area (Å²) in [6, 6.07) is 0. The predicted molar refractivity (Wildman–Crippen MR) is 58.0 cm³/mol. The molecular formula is C10H21NO4. The van der Waals surface area contributed by atoms with E-state index < -0.39 is 0 Å². The van der Waals surface area contributed by atoms with E-state index in [0.717, 1.165) is 6.29 Å². The van der Waals surface area contributed by atoms with E-state index in [9.17, 15) is 4.79 Å². The first-order chi connectivity index (χ1) is 7.12. The van der Waals surface area contributed by atoms with Crippen LogP contribution in [0.3, 0.4) is 0 Å². The lowest BCUT2D eigenvalue weighted by atomic mass is 10.4. The number of aldehydes is 1. The van der Waals surface area contributed by atoms with E-state index in [0.29, 0.717) is 0 Å². The lowest BCUT2D eigenvalue weighted by Gasteiger charge is -2.01. The fourth-order valence-electron chi connectivity index (χ4n) is 0.931. The van der Waals surface area contributed by atoms with Gasteiger partial charge in [0.15, 0.2) is 0 Å². The number of carboxylic acid groups (broad SMARTS) is 1. The van der Waals surface area contributed by atoms with Gasteiger partial charge in [-0.2, -0.15) is 0 Å². The molecule has 0 radical (unpaired) electrons. The van der Waals surface area contributed by atoms with Crippen molar-refractivity contribution in [3.05, 3.63) is 0 Å². The number of hydrogen-bond acceptors (Lipinski definition) is 4. The highest BCUT2D eigenvalue weighted by Crippen LogP contribution is 2.02. The van der Waals surface area contributed by atoms with E-state index in [4.69, 9.17) is 9.90 Å². The molecule has 0 spiro atoms. The third kappa shape index (κ3) is 15.8. The zero-order chi connectivity index (χ0) is 12.1. The topological polar surface area (TPSA) is 66.8 Å². The van der Waals surface area contributed by atoms with Gasteiger partial charge in [0, 0.05) is 7.11 Å². The van der Waals surface area contributed by atoms with Crippen LogP contribution in [0.4, 0.5) is 0 Å². The Balaban J connectivity index is 0. The van der Waals surface area contributed by atoms with Crippen molar-refractivity contribution in [3.63, 3.8) is 0 Å². The molecule has 0 aromatic rings. The summed E-state index contributed by atoms with van der Waals surface area (Å²) in [5.41, 5.74) is 0. The van der Waals surface area contributed by atoms with Gasteiger partial charge in [-0.1, -0.05) is 0 Å². The van der Waals surface area contributed by atoms with Crippen molar-refractivity contribution < 1.29 is 19.4 Å². The number of nitrogens with zero attached hydrogens (tertiary/aromatic N) is 1. The fraction of sp³-hybridized carbons (Fsp3) is 0.800. The van der Waals surface area contributed by atoms with Crippen molar-refractivity contribution in [1.82, 2.24) is 4.90 Å². The van der Waals surface area contributed by atoms with Crippen LogP contribution in [0.2, 0.25) is 0 Å². The third-order valence-electron chi connectivity index (χ3n) is 1.89.